The normalized spacial score (nSPS) is 10.7. The number of hydrogen-bond acceptors (Lipinski definition) is 3. The molecule has 0 saturated heterocycles. The van der Waals surface area contributed by atoms with Gasteiger partial charge in [0.2, 0.25) is 0 Å². The molecule has 4 rings (SSSR count). The smallest absolute Gasteiger partial charge is 0.255 e. The molecule has 0 unspecified atom stereocenters. The molecule has 4 aromatic rings. The van der Waals surface area contributed by atoms with E-state index in [1.54, 1.807) is 13.2 Å². The molecule has 4 aromatic carbocycles. The summed E-state index contributed by atoms with van der Waals surface area (Å²) in [7, 11) is 1.62. The van der Waals surface area contributed by atoms with Gasteiger partial charge in [-0.25, -0.2) is 0 Å². The van der Waals surface area contributed by atoms with Crippen LogP contribution in [0.5, 0.6) is 11.5 Å². The van der Waals surface area contributed by atoms with Gasteiger partial charge in [0.1, 0.15) is 18.1 Å². The van der Waals surface area contributed by atoms with Crippen LogP contribution in [0.15, 0.2) is 84.9 Å². The molecule has 0 heterocycles. The third-order valence-corrected chi connectivity index (χ3v) is 5.71. The number of anilines is 1. The van der Waals surface area contributed by atoms with Gasteiger partial charge in [0, 0.05) is 22.2 Å². The van der Waals surface area contributed by atoms with Crippen LogP contribution in [0.2, 0.25) is 0 Å². The topological polar surface area (TPSA) is 47.6 Å². The Balaban J connectivity index is 1.48. The van der Waals surface area contributed by atoms with E-state index in [4.69, 9.17) is 9.47 Å². The summed E-state index contributed by atoms with van der Waals surface area (Å²) in [6.07, 6.45) is 3.40. The fraction of sp³-hybridized carbons (Fsp3) is 0.207. The number of ether oxygens (including phenoxy) is 2. The minimum absolute atomic E-state index is 0.162. The van der Waals surface area contributed by atoms with Crippen LogP contribution in [0.4, 0.5) is 5.69 Å². The van der Waals surface area contributed by atoms with Crippen molar-refractivity contribution in [3.63, 3.8) is 0 Å². The van der Waals surface area contributed by atoms with Gasteiger partial charge in [-0.15, -0.1) is 0 Å². The molecule has 0 bridgehead atoms. The van der Waals surface area contributed by atoms with Crippen LogP contribution in [0.1, 0.15) is 41.3 Å². The van der Waals surface area contributed by atoms with Crippen molar-refractivity contribution in [1.29, 1.82) is 0 Å². The highest BCUT2D eigenvalue weighted by molar-refractivity contribution is 6.04. The number of hydrogen-bond donors (Lipinski definition) is 1. The van der Waals surface area contributed by atoms with Gasteiger partial charge in [-0.2, -0.15) is 0 Å². The molecule has 4 heteroatoms. The van der Waals surface area contributed by atoms with Gasteiger partial charge >= 0.3 is 0 Å². The third kappa shape index (κ3) is 5.53. The molecular formula is C29H29NO3. The van der Waals surface area contributed by atoms with Gasteiger partial charge in [0.25, 0.3) is 5.91 Å². The molecule has 0 aromatic heterocycles. The van der Waals surface area contributed by atoms with E-state index in [0.717, 1.165) is 34.2 Å². The second-order valence-corrected chi connectivity index (χ2v) is 8.05. The van der Waals surface area contributed by atoms with Gasteiger partial charge in [0.15, 0.2) is 0 Å². The number of carbonyl (C=O) groups excluding carboxylic acids is 1. The van der Waals surface area contributed by atoms with Crippen LogP contribution in [0.3, 0.4) is 0 Å². The van der Waals surface area contributed by atoms with Crippen molar-refractivity contribution in [3.8, 4) is 11.5 Å². The summed E-state index contributed by atoms with van der Waals surface area (Å²) < 4.78 is 11.6. The van der Waals surface area contributed by atoms with Crippen molar-refractivity contribution in [1.82, 2.24) is 0 Å². The number of fused-ring (bicyclic) bond motifs is 1. The Hall–Kier alpha value is -3.79. The molecule has 0 saturated carbocycles. The van der Waals surface area contributed by atoms with Crippen LogP contribution in [0.25, 0.3) is 10.8 Å². The van der Waals surface area contributed by atoms with Gasteiger partial charge in [-0.3, -0.25) is 4.79 Å². The fourth-order valence-corrected chi connectivity index (χ4v) is 3.85. The molecule has 0 aliphatic rings. The first kappa shape index (κ1) is 22.4. The second-order valence-electron chi connectivity index (χ2n) is 8.05. The van der Waals surface area contributed by atoms with Gasteiger partial charge in [-0.1, -0.05) is 61.9 Å². The fourth-order valence-electron chi connectivity index (χ4n) is 3.85. The third-order valence-electron chi connectivity index (χ3n) is 5.71. The van der Waals surface area contributed by atoms with Crippen molar-refractivity contribution in [2.75, 3.05) is 12.4 Å². The molecule has 0 aliphatic heterocycles. The molecule has 0 aliphatic carbocycles. The minimum atomic E-state index is -0.162. The monoisotopic (exact) mass is 439 g/mol. The van der Waals surface area contributed by atoms with Crippen molar-refractivity contribution in [2.45, 2.75) is 32.8 Å². The first-order chi connectivity index (χ1) is 16.2. The summed E-state index contributed by atoms with van der Waals surface area (Å²) in [4.78, 5) is 12.9. The Labute approximate surface area is 195 Å². The maximum Gasteiger partial charge on any atom is 0.255 e. The molecule has 168 valence electrons. The lowest BCUT2D eigenvalue weighted by atomic mass is 10.1. The van der Waals surface area contributed by atoms with E-state index in [1.165, 1.54) is 18.4 Å². The van der Waals surface area contributed by atoms with E-state index < -0.39 is 0 Å². The number of benzene rings is 4. The zero-order valence-electron chi connectivity index (χ0n) is 19.1. The number of carbonyl (C=O) groups is 1. The predicted octanol–water partition coefficient (Wildman–Crippen LogP) is 7.02. The average Bonchev–Trinajstić information content (AvgIpc) is 2.86. The molecule has 4 nitrogen and oxygen atoms in total. The lowest BCUT2D eigenvalue weighted by molar-refractivity contribution is 0.102. The Kier molecular flexibility index (Phi) is 7.26. The zero-order chi connectivity index (χ0) is 23.0. The Morgan fingerprint density at radius 1 is 0.879 bits per heavy atom. The molecule has 0 spiro atoms. The summed E-state index contributed by atoms with van der Waals surface area (Å²) in [5, 5.41) is 5.16. The highest BCUT2D eigenvalue weighted by Gasteiger charge is 2.12. The van der Waals surface area contributed by atoms with Crippen LogP contribution in [-0.4, -0.2) is 13.0 Å². The Morgan fingerprint density at radius 3 is 2.45 bits per heavy atom. The van der Waals surface area contributed by atoms with E-state index in [9.17, 15) is 4.79 Å². The van der Waals surface area contributed by atoms with Crippen LogP contribution in [0, 0.1) is 0 Å². The number of unbranched alkanes of at least 4 members (excludes halogenated alkanes) is 1. The largest absolute Gasteiger partial charge is 0.496 e. The lowest BCUT2D eigenvalue weighted by Gasteiger charge is -2.14. The summed E-state index contributed by atoms with van der Waals surface area (Å²) in [6.45, 7) is 2.48. The zero-order valence-corrected chi connectivity index (χ0v) is 19.1. The highest BCUT2D eigenvalue weighted by Crippen LogP contribution is 2.28. The lowest BCUT2D eigenvalue weighted by Crippen LogP contribution is -2.13. The molecule has 1 N–H and O–H groups in total. The summed E-state index contributed by atoms with van der Waals surface area (Å²) >= 11 is 0. The summed E-state index contributed by atoms with van der Waals surface area (Å²) in [5.74, 6) is 1.32. The first-order valence-electron chi connectivity index (χ1n) is 11.4. The standard InChI is InChI=1S/C29H29NO3/c1-3-4-8-21-13-16-25(17-14-21)30-29(31)23-15-18-27(32-2)24(19-23)20-33-28-12-7-10-22-9-5-6-11-26(22)28/h5-7,9-19H,3-4,8,20H2,1-2H3,(H,30,31). The molecule has 0 radical (unpaired) electrons. The molecule has 0 fully saturated rings. The van der Waals surface area contributed by atoms with E-state index in [1.807, 2.05) is 54.6 Å². The minimum Gasteiger partial charge on any atom is -0.496 e. The van der Waals surface area contributed by atoms with Crippen molar-refractivity contribution < 1.29 is 14.3 Å². The van der Waals surface area contributed by atoms with E-state index >= 15 is 0 Å². The highest BCUT2D eigenvalue weighted by atomic mass is 16.5. The second kappa shape index (κ2) is 10.7. The maximum absolute atomic E-state index is 12.9. The Morgan fingerprint density at radius 2 is 1.67 bits per heavy atom. The number of amides is 1. The molecular weight excluding hydrogens is 410 g/mol. The number of methoxy groups -OCH3 is 1. The van der Waals surface area contributed by atoms with Gasteiger partial charge in [-0.05, 0) is 60.2 Å². The SMILES string of the molecule is CCCCc1ccc(NC(=O)c2ccc(OC)c(COc3cccc4ccccc34)c2)cc1. The van der Waals surface area contributed by atoms with Crippen LogP contribution in [-0.2, 0) is 13.0 Å². The molecule has 0 atom stereocenters. The molecule has 33 heavy (non-hydrogen) atoms. The van der Waals surface area contributed by atoms with Crippen LogP contribution >= 0.6 is 0 Å². The van der Waals surface area contributed by atoms with Crippen molar-refractivity contribution >= 4 is 22.4 Å². The summed E-state index contributed by atoms with van der Waals surface area (Å²) in [6, 6.07) is 27.6. The first-order valence-corrected chi connectivity index (χ1v) is 11.4. The average molecular weight is 440 g/mol. The van der Waals surface area contributed by atoms with Crippen molar-refractivity contribution in [3.05, 3.63) is 102 Å². The van der Waals surface area contributed by atoms with Gasteiger partial charge < -0.3 is 14.8 Å². The Bertz CT molecular complexity index is 1230. The van der Waals surface area contributed by atoms with E-state index in [2.05, 4.69) is 36.5 Å². The van der Waals surface area contributed by atoms with E-state index in [0.29, 0.717) is 17.9 Å². The summed E-state index contributed by atoms with van der Waals surface area (Å²) in [5.41, 5.74) is 3.44. The van der Waals surface area contributed by atoms with Crippen LogP contribution < -0.4 is 14.8 Å². The predicted molar refractivity (Wildman–Crippen MR) is 134 cm³/mol. The number of rotatable bonds is 9. The molecule has 1 amide bonds. The number of aryl methyl sites for hydroxylation is 1. The van der Waals surface area contributed by atoms with Gasteiger partial charge in [0.05, 0.1) is 7.11 Å². The number of nitrogens with one attached hydrogen (secondary N) is 1. The quantitative estimate of drug-likeness (QED) is 0.305. The van der Waals surface area contributed by atoms with Crippen molar-refractivity contribution in [2.24, 2.45) is 0 Å². The van der Waals surface area contributed by atoms with E-state index in [-0.39, 0.29) is 5.91 Å². The maximum atomic E-state index is 12.9.